The Labute approximate surface area is 200 Å². The second-order valence-corrected chi connectivity index (χ2v) is 12.6. The highest BCUT2D eigenvalue weighted by molar-refractivity contribution is 7.54. The molecule has 0 radical (unpaired) electrons. The van der Waals surface area contributed by atoms with E-state index in [4.69, 9.17) is 23.6 Å². The van der Waals surface area contributed by atoms with E-state index in [1.807, 2.05) is 0 Å². The van der Waals surface area contributed by atoms with Crippen LogP contribution in [0.15, 0.2) is 24.3 Å². The lowest BCUT2D eigenvalue weighted by Crippen LogP contribution is -2.25. The standard InChI is InChI=1S/C22H28FO9PS/c1-21(2,3)19(26)29-11-31-33(28,32-12-30-20(27)22(4,5)6)17(23)13-7-8-15-14(9-13)10-16(34-15)18(24)25/h7-10,17H,11-12H2,1-6H3,(H,24,25). The van der Waals surface area contributed by atoms with E-state index >= 15 is 4.39 Å². The van der Waals surface area contributed by atoms with Crippen molar-refractivity contribution in [2.75, 3.05) is 13.6 Å². The molecule has 188 valence electrons. The van der Waals surface area contributed by atoms with Gasteiger partial charge in [-0.1, -0.05) is 6.07 Å². The summed E-state index contributed by atoms with van der Waals surface area (Å²) in [5.74, 6) is -4.81. The number of fused-ring (bicyclic) bond motifs is 1. The van der Waals surface area contributed by atoms with Gasteiger partial charge < -0.3 is 14.6 Å². The Morgan fingerprint density at radius 2 is 1.47 bits per heavy atom. The largest absolute Gasteiger partial charge is 0.477 e. The van der Waals surface area contributed by atoms with Crippen molar-refractivity contribution in [1.29, 1.82) is 0 Å². The molecular formula is C22H28FO9PS. The number of carbonyl (C=O) groups excluding carboxylic acids is 2. The van der Waals surface area contributed by atoms with E-state index in [1.54, 1.807) is 41.5 Å². The van der Waals surface area contributed by atoms with Crippen LogP contribution in [0.3, 0.4) is 0 Å². The number of hydrogen-bond acceptors (Lipinski definition) is 9. The molecule has 0 saturated carbocycles. The van der Waals surface area contributed by atoms with Gasteiger partial charge in [-0.05, 0) is 70.7 Å². The maximum atomic E-state index is 15.5. The number of carboxylic acid groups (broad SMARTS) is 1. The Morgan fingerprint density at radius 1 is 0.971 bits per heavy atom. The highest BCUT2D eigenvalue weighted by Crippen LogP contribution is 2.62. The fourth-order valence-electron chi connectivity index (χ4n) is 2.41. The molecule has 0 aliphatic carbocycles. The van der Waals surface area contributed by atoms with Crippen LogP contribution in [-0.2, 0) is 32.7 Å². The van der Waals surface area contributed by atoms with Crippen molar-refractivity contribution in [3.05, 3.63) is 34.7 Å². The minimum absolute atomic E-state index is 0.0569. The SMILES string of the molecule is CC(C)(C)C(=O)OCOP(=O)(OCOC(=O)C(C)(C)C)C(F)c1ccc2sc(C(=O)O)cc2c1. The maximum absolute atomic E-state index is 15.5. The van der Waals surface area contributed by atoms with Gasteiger partial charge in [0.2, 0.25) is 19.5 Å². The molecule has 1 heterocycles. The van der Waals surface area contributed by atoms with Crippen LogP contribution in [0.1, 0.15) is 62.7 Å². The monoisotopic (exact) mass is 518 g/mol. The first kappa shape index (κ1) is 27.9. The highest BCUT2D eigenvalue weighted by atomic mass is 32.1. The summed E-state index contributed by atoms with van der Waals surface area (Å²) in [6.45, 7) is 7.85. The minimum Gasteiger partial charge on any atom is -0.477 e. The Balaban J connectivity index is 2.26. The molecule has 0 bridgehead atoms. The Bertz CT molecular complexity index is 1080. The lowest BCUT2D eigenvalue weighted by Gasteiger charge is -2.24. The molecule has 1 aromatic carbocycles. The predicted molar refractivity (Wildman–Crippen MR) is 123 cm³/mol. The zero-order valence-electron chi connectivity index (χ0n) is 19.7. The summed E-state index contributed by atoms with van der Waals surface area (Å²) in [5.41, 5.74) is -1.87. The maximum Gasteiger partial charge on any atom is 0.374 e. The van der Waals surface area contributed by atoms with Crippen LogP contribution < -0.4 is 0 Å². The second-order valence-electron chi connectivity index (χ2n) is 9.45. The van der Waals surface area contributed by atoms with Gasteiger partial charge >= 0.3 is 25.5 Å². The van der Waals surface area contributed by atoms with Crippen molar-refractivity contribution >= 4 is 46.9 Å². The molecule has 0 amide bonds. The van der Waals surface area contributed by atoms with Gasteiger partial charge in [0.05, 0.1) is 10.8 Å². The molecule has 0 aliphatic rings. The van der Waals surface area contributed by atoms with Crippen molar-refractivity contribution < 1.29 is 47.0 Å². The Morgan fingerprint density at radius 3 is 1.91 bits per heavy atom. The molecule has 0 saturated heterocycles. The van der Waals surface area contributed by atoms with Crippen molar-refractivity contribution in [1.82, 2.24) is 0 Å². The molecule has 1 N–H and O–H groups in total. The number of benzene rings is 1. The van der Waals surface area contributed by atoms with Gasteiger partial charge in [-0.3, -0.25) is 23.2 Å². The number of ether oxygens (including phenoxy) is 2. The van der Waals surface area contributed by atoms with Gasteiger partial charge in [-0.2, -0.15) is 0 Å². The molecule has 0 aliphatic heterocycles. The Hall–Kier alpha value is -2.33. The van der Waals surface area contributed by atoms with Crippen LogP contribution in [0.5, 0.6) is 0 Å². The number of aromatic carboxylic acids is 1. The fourth-order valence-corrected chi connectivity index (χ4v) is 4.55. The van der Waals surface area contributed by atoms with Crippen molar-refractivity contribution in [3.63, 3.8) is 0 Å². The second kappa shape index (κ2) is 10.5. The summed E-state index contributed by atoms with van der Waals surface area (Å²) < 4.78 is 49.4. The van der Waals surface area contributed by atoms with E-state index in [2.05, 4.69) is 0 Å². The number of alkyl halides is 1. The average molecular weight is 518 g/mol. The number of rotatable bonds is 9. The van der Waals surface area contributed by atoms with Crippen LogP contribution in [0.25, 0.3) is 10.1 Å². The van der Waals surface area contributed by atoms with Crippen LogP contribution >= 0.6 is 18.9 Å². The normalized spacial score (nSPS) is 13.5. The third-order valence-electron chi connectivity index (χ3n) is 4.37. The number of carbonyl (C=O) groups is 3. The highest BCUT2D eigenvalue weighted by Gasteiger charge is 2.40. The van der Waals surface area contributed by atoms with E-state index in [1.165, 1.54) is 24.3 Å². The van der Waals surface area contributed by atoms with E-state index < -0.39 is 55.8 Å². The molecule has 0 fully saturated rings. The van der Waals surface area contributed by atoms with Crippen LogP contribution in [-0.4, -0.2) is 36.6 Å². The molecule has 9 nitrogen and oxygen atoms in total. The number of esters is 2. The molecule has 12 heteroatoms. The van der Waals surface area contributed by atoms with E-state index in [9.17, 15) is 18.9 Å². The van der Waals surface area contributed by atoms with Gasteiger partial charge in [0.1, 0.15) is 4.88 Å². The average Bonchev–Trinajstić information content (AvgIpc) is 3.15. The minimum atomic E-state index is -4.67. The molecule has 2 aromatic rings. The van der Waals surface area contributed by atoms with E-state index in [0.717, 1.165) is 11.3 Å². The first-order valence-corrected chi connectivity index (χ1v) is 12.6. The zero-order chi connectivity index (χ0) is 25.9. The molecular weight excluding hydrogens is 490 g/mol. The summed E-state index contributed by atoms with van der Waals surface area (Å²) in [6.07, 6.45) is 0. The zero-order valence-corrected chi connectivity index (χ0v) is 21.5. The first-order valence-electron chi connectivity index (χ1n) is 10.2. The van der Waals surface area contributed by atoms with E-state index in [0.29, 0.717) is 10.1 Å². The van der Waals surface area contributed by atoms with Gasteiger partial charge in [-0.15, -0.1) is 11.3 Å². The molecule has 1 aromatic heterocycles. The molecule has 1 atom stereocenters. The molecule has 0 spiro atoms. The first-order chi connectivity index (χ1) is 15.5. The number of thiophene rings is 1. The van der Waals surface area contributed by atoms with Crippen LogP contribution in [0.4, 0.5) is 4.39 Å². The smallest absolute Gasteiger partial charge is 0.374 e. The summed E-state index contributed by atoms with van der Waals surface area (Å²) in [6, 6.07) is 5.49. The quantitative estimate of drug-likeness (QED) is 0.246. The lowest BCUT2D eigenvalue weighted by atomic mass is 9.98. The summed E-state index contributed by atoms with van der Waals surface area (Å²) in [5, 5.41) is 9.58. The summed E-state index contributed by atoms with van der Waals surface area (Å²) in [7, 11) is -4.67. The predicted octanol–water partition coefficient (Wildman–Crippen LogP) is 5.89. The molecule has 1 unspecified atom stereocenters. The van der Waals surface area contributed by atoms with Crippen molar-refractivity contribution in [2.45, 2.75) is 47.5 Å². The molecule has 34 heavy (non-hydrogen) atoms. The number of hydrogen-bond donors (Lipinski definition) is 1. The number of carboxylic acids is 1. The lowest BCUT2D eigenvalue weighted by molar-refractivity contribution is -0.162. The fraction of sp³-hybridized carbons (Fsp3) is 0.500. The number of halogens is 1. The van der Waals surface area contributed by atoms with E-state index in [-0.39, 0.29) is 10.4 Å². The topological polar surface area (TPSA) is 125 Å². The van der Waals surface area contributed by atoms with Gasteiger partial charge in [0.25, 0.3) is 0 Å². The third kappa shape index (κ3) is 7.09. The van der Waals surface area contributed by atoms with Crippen LogP contribution in [0, 0.1) is 10.8 Å². The van der Waals surface area contributed by atoms with Gasteiger partial charge in [-0.25, -0.2) is 9.18 Å². The van der Waals surface area contributed by atoms with Gasteiger partial charge in [0, 0.05) is 4.70 Å². The summed E-state index contributed by atoms with van der Waals surface area (Å²) in [4.78, 5) is 35.2. The molecule has 2 rings (SSSR count). The van der Waals surface area contributed by atoms with Crippen molar-refractivity contribution in [2.24, 2.45) is 10.8 Å². The third-order valence-corrected chi connectivity index (χ3v) is 7.26. The van der Waals surface area contributed by atoms with Gasteiger partial charge in [0.15, 0.2) is 0 Å². The van der Waals surface area contributed by atoms with Crippen molar-refractivity contribution in [3.8, 4) is 0 Å². The van der Waals surface area contributed by atoms with Crippen LogP contribution in [0.2, 0.25) is 0 Å². The summed E-state index contributed by atoms with van der Waals surface area (Å²) >= 11 is 1.00. The Kier molecular flexibility index (Phi) is 8.63.